The molecule has 0 bridgehead atoms. The molecule has 19 heavy (non-hydrogen) atoms. The van der Waals surface area contributed by atoms with Gasteiger partial charge in [-0.15, -0.1) is 0 Å². The smallest absolute Gasteiger partial charge is 0.127 e. The molecule has 1 aliphatic heterocycles. The Morgan fingerprint density at radius 3 is 2.74 bits per heavy atom. The fourth-order valence-corrected chi connectivity index (χ4v) is 1.74. The number of nitrogen functional groups attached to an aromatic ring is 1. The van der Waals surface area contributed by atoms with Crippen molar-refractivity contribution in [2.45, 2.75) is 19.8 Å². The van der Waals surface area contributed by atoms with Gasteiger partial charge in [0.1, 0.15) is 11.5 Å². The van der Waals surface area contributed by atoms with Crippen molar-refractivity contribution in [2.24, 2.45) is 0 Å². The van der Waals surface area contributed by atoms with E-state index >= 15 is 0 Å². The Balaban J connectivity index is 1.81. The van der Waals surface area contributed by atoms with Crippen LogP contribution in [0.25, 0.3) is 0 Å². The highest BCUT2D eigenvalue weighted by molar-refractivity contribution is 5.42. The van der Waals surface area contributed by atoms with Crippen LogP contribution in [0.4, 0.5) is 5.69 Å². The average Bonchev–Trinajstić information content (AvgIpc) is 2.44. The van der Waals surface area contributed by atoms with E-state index in [-0.39, 0.29) is 0 Å². The summed E-state index contributed by atoms with van der Waals surface area (Å²) in [6.07, 6.45) is 8.39. The van der Waals surface area contributed by atoms with E-state index in [1.807, 2.05) is 36.5 Å². The SMILES string of the molecule is CCCCNN1C=CC(Oc2ccc(N)cc2)=CC1. The molecule has 0 saturated carbocycles. The molecule has 4 nitrogen and oxygen atoms in total. The molecular formula is C15H21N3O. The Hall–Kier alpha value is -1.94. The summed E-state index contributed by atoms with van der Waals surface area (Å²) in [4.78, 5) is 0. The van der Waals surface area contributed by atoms with E-state index in [0.29, 0.717) is 0 Å². The maximum atomic E-state index is 5.75. The molecule has 2 rings (SSSR count). The fourth-order valence-electron chi connectivity index (χ4n) is 1.74. The molecule has 1 aromatic rings. The Morgan fingerprint density at radius 1 is 1.32 bits per heavy atom. The van der Waals surface area contributed by atoms with Gasteiger partial charge in [0.25, 0.3) is 0 Å². The lowest BCUT2D eigenvalue weighted by Gasteiger charge is -2.23. The minimum atomic E-state index is 0.742. The van der Waals surface area contributed by atoms with Crippen LogP contribution in [0.1, 0.15) is 19.8 Å². The van der Waals surface area contributed by atoms with Crippen molar-refractivity contribution in [1.82, 2.24) is 10.4 Å². The van der Waals surface area contributed by atoms with Gasteiger partial charge < -0.3 is 15.5 Å². The molecule has 0 spiro atoms. The third-order valence-electron chi connectivity index (χ3n) is 2.87. The Labute approximate surface area is 114 Å². The Kier molecular flexibility index (Phi) is 4.86. The van der Waals surface area contributed by atoms with Gasteiger partial charge in [-0.05, 0) is 42.8 Å². The third kappa shape index (κ3) is 4.34. The first-order valence-electron chi connectivity index (χ1n) is 6.70. The second kappa shape index (κ2) is 6.85. The van der Waals surface area contributed by atoms with Crippen LogP contribution in [-0.2, 0) is 0 Å². The van der Waals surface area contributed by atoms with Crippen molar-refractivity contribution in [3.05, 3.63) is 48.4 Å². The maximum absolute atomic E-state index is 5.75. The van der Waals surface area contributed by atoms with Crippen LogP contribution in [0.3, 0.4) is 0 Å². The van der Waals surface area contributed by atoms with Crippen LogP contribution in [0, 0.1) is 0 Å². The van der Waals surface area contributed by atoms with Crippen LogP contribution in [0.2, 0.25) is 0 Å². The Morgan fingerprint density at radius 2 is 2.11 bits per heavy atom. The number of anilines is 1. The van der Waals surface area contributed by atoms with Gasteiger partial charge in [0.15, 0.2) is 0 Å². The molecule has 0 amide bonds. The zero-order valence-corrected chi connectivity index (χ0v) is 11.3. The molecule has 4 heteroatoms. The number of rotatable bonds is 6. The lowest BCUT2D eigenvalue weighted by molar-refractivity contribution is 0.284. The van der Waals surface area contributed by atoms with E-state index in [9.17, 15) is 0 Å². The van der Waals surface area contributed by atoms with Crippen LogP contribution >= 0.6 is 0 Å². The van der Waals surface area contributed by atoms with Gasteiger partial charge in [-0.25, -0.2) is 5.43 Å². The number of nitrogens with one attached hydrogen (secondary N) is 1. The van der Waals surface area contributed by atoms with Gasteiger partial charge in [-0.3, -0.25) is 0 Å². The summed E-state index contributed by atoms with van der Waals surface area (Å²) in [5.74, 6) is 1.66. The van der Waals surface area contributed by atoms with E-state index in [4.69, 9.17) is 10.5 Å². The zero-order chi connectivity index (χ0) is 13.5. The first kappa shape index (κ1) is 13.5. The van der Waals surface area contributed by atoms with Gasteiger partial charge in [0.2, 0.25) is 0 Å². The van der Waals surface area contributed by atoms with Crippen LogP contribution in [-0.4, -0.2) is 18.1 Å². The minimum absolute atomic E-state index is 0.742. The van der Waals surface area contributed by atoms with E-state index in [1.54, 1.807) is 0 Å². The maximum Gasteiger partial charge on any atom is 0.127 e. The topological polar surface area (TPSA) is 50.5 Å². The second-order valence-electron chi connectivity index (χ2n) is 4.51. The highest BCUT2D eigenvalue weighted by Crippen LogP contribution is 2.17. The molecule has 0 saturated heterocycles. The van der Waals surface area contributed by atoms with Crippen molar-refractivity contribution >= 4 is 5.69 Å². The summed E-state index contributed by atoms with van der Waals surface area (Å²) < 4.78 is 5.75. The molecule has 0 aliphatic carbocycles. The van der Waals surface area contributed by atoms with Crippen molar-refractivity contribution in [3.63, 3.8) is 0 Å². The number of ether oxygens (including phenoxy) is 1. The summed E-state index contributed by atoms with van der Waals surface area (Å²) in [6.45, 7) is 4.00. The summed E-state index contributed by atoms with van der Waals surface area (Å²) >= 11 is 0. The van der Waals surface area contributed by atoms with Crippen LogP contribution in [0.5, 0.6) is 5.75 Å². The number of benzene rings is 1. The van der Waals surface area contributed by atoms with E-state index in [2.05, 4.69) is 23.4 Å². The fraction of sp³-hybridized carbons (Fsp3) is 0.333. The monoisotopic (exact) mass is 259 g/mol. The quantitative estimate of drug-likeness (QED) is 0.609. The minimum Gasteiger partial charge on any atom is -0.458 e. The first-order chi connectivity index (χ1) is 9.28. The zero-order valence-electron chi connectivity index (χ0n) is 11.3. The lowest BCUT2D eigenvalue weighted by atomic mass is 10.3. The summed E-state index contributed by atoms with van der Waals surface area (Å²) in [6, 6.07) is 7.41. The molecule has 1 aliphatic rings. The van der Waals surface area contributed by atoms with Crippen molar-refractivity contribution in [3.8, 4) is 5.75 Å². The van der Waals surface area contributed by atoms with Gasteiger partial charge >= 0.3 is 0 Å². The number of hydrazine groups is 1. The highest BCUT2D eigenvalue weighted by Gasteiger charge is 2.05. The number of unbranched alkanes of at least 4 members (excludes halogenated alkanes) is 1. The second-order valence-corrected chi connectivity index (χ2v) is 4.51. The third-order valence-corrected chi connectivity index (χ3v) is 2.87. The molecule has 0 aromatic heterocycles. The molecule has 0 fully saturated rings. The molecule has 0 unspecified atom stereocenters. The van der Waals surface area contributed by atoms with E-state index in [1.165, 1.54) is 12.8 Å². The highest BCUT2D eigenvalue weighted by atomic mass is 16.5. The molecule has 1 heterocycles. The average molecular weight is 259 g/mol. The number of hydrogen-bond acceptors (Lipinski definition) is 4. The van der Waals surface area contributed by atoms with Crippen LogP contribution < -0.4 is 15.9 Å². The number of hydrogen-bond donors (Lipinski definition) is 2. The van der Waals surface area contributed by atoms with Gasteiger partial charge in [0, 0.05) is 18.4 Å². The van der Waals surface area contributed by atoms with Gasteiger partial charge in [-0.2, -0.15) is 0 Å². The molecule has 0 radical (unpaired) electrons. The van der Waals surface area contributed by atoms with Gasteiger partial charge in [-0.1, -0.05) is 13.3 Å². The summed E-state index contributed by atoms with van der Waals surface area (Å²) in [5.41, 5.74) is 9.72. The number of allylic oxidation sites excluding steroid dienone is 1. The standard InChI is InChI=1S/C15H21N3O/c1-2-3-10-17-18-11-8-15(9-12-18)19-14-6-4-13(16)5-7-14/h4-9,11,17H,2-3,10,12,16H2,1H3. The Bertz CT molecular complexity index is 451. The van der Waals surface area contributed by atoms with Crippen molar-refractivity contribution in [1.29, 1.82) is 0 Å². The lowest BCUT2D eigenvalue weighted by Crippen LogP contribution is -2.35. The van der Waals surface area contributed by atoms with Crippen LogP contribution in [0.15, 0.2) is 48.4 Å². The van der Waals surface area contributed by atoms with E-state index in [0.717, 1.165) is 30.3 Å². The van der Waals surface area contributed by atoms with E-state index < -0.39 is 0 Å². The summed E-state index contributed by atoms with van der Waals surface area (Å²) in [7, 11) is 0. The molecular weight excluding hydrogens is 238 g/mol. The molecule has 0 atom stereocenters. The summed E-state index contributed by atoms with van der Waals surface area (Å²) in [5, 5.41) is 2.06. The van der Waals surface area contributed by atoms with Crippen molar-refractivity contribution in [2.75, 3.05) is 18.8 Å². The normalized spacial score (nSPS) is 14.4. The number of nitrogens with zero attached hydrogens (tertiary/aromatic N) is 1. The number of nitrogens with two attached hydrogens (primary N) is 1. The predicted molar refractivity (Wildman–Crippen MR) is 78.3 cm³/mol. The first-order valence-corrected chi connectivity index (χ1v) is 6.70. The predicted octanol–water partition coefficient (Wildman–Crippen LogP) is 2.67. The van der Waals surface area contributed by atoms with Crippen molar-refractivity contribution < 1.29 is 4.74 Å². The molecule has 102 valence electrons. The van der Waals surface area contributed by atoms with Gasteiger partial charge in [0.05, 0.1) is 6.54 Å². The molecule has 1 aromatic carbocycles. The molecule has 3 N–H and O–H groups in total. The largest absolute Gasteiger partial charge is 0.458 e.